The molecule has 1 aliphatic heterocycles. The van der Waals surface area contributed by atoms with Gasteiger partial charge in [0.25, 0.3) is 0 Å². The van der Waals surface area contributed by atoms with E-state index in [0.29, 0.717) is 18.3 Å². The number of thioether (sulfide) groups is 1. The molecule has 0 fully saturated rings. The van der Waals surface area contributed by atoms with E-state index < -0.39 is 0 Å². The Morgan fingerprint density at radius 2 is 1.73 bits per heavy atom. The Kier molecular flexibility index (Phi) is 4.70. The molecule has 2 aromatic rings. The highest BCUT2D eigenvalue weighted by Crippen LogP contribution is 2.32. The minimum atomic E-state index is 0.537. The summed E-state index contributed by atoms with van der Waals surface area (Å²) in [5.41, 5.74) is 1.82. The molecule has 0 aromatic heterocycles. The molecule has 0 saturated heterocycles. The summed E-state index contributed by atoms with van der Waals surface area (Å²) in [6.07, 6.45) is 2.05. The number of benzene rings is 2. The Labute approximate surface area is 139 Å². The number of anilines is 2. The molecule has 0 radical (unpaired) electrons. The van der Waals surface area contributed by atoms with Gasteiger partial charge in [0.15, 0.2) is 16.6 Å². The molecule has 1 aliphatic rings. The Morgan fingerprint density at radius 3 is 2.50 bits per heavy atom. The first-order valence-electron chi connectivity index (χ1n) is 6.86. The zero-order valence-corrected chi connectivity index (χ0v) is 13.7. The van der Waals surface area contributed by atoms with Crippen molar-refractivity contribution in [2.45, 2.75) is 4.90 Å². The molecule has 22 heavy (non-hydrogen) atoms. The second-order valence-electron chi connectivity index (χ2n) is 4.67. The summed E-state index contributed by atoms with van der Waals surface area (Å²) >= 11 is 7.05. The van der Waals surface area contributed by atoms with Crippen LogP contribution >= 0.6 is 24.0 Å². The monoisotopic (exact) mass is 332 g/mol. The molecule has 0 unspecified atom stereocenters. The highest BCUT2D eigenvalue weighted by atomic mass is 32.2. The van der Waals surface area contributed by atoms with Crippen molar-refractivity contribution in [3.63, 3.8) is 0 Å². The van der Waals surface area contributed by atoms with Crippen molar-refractivity contribution >= 4 is 40.5 Å². The van der Waals surface area contributed by atoms with Gasteiger partial charge in [0.1, 0.15) is 13.2 Å². The Morgan fingerprint density at radius 1 is 1.00 bits per heavy atom. The topological polar surface area (TPSA) is 42.5 Å². The number of nitrogens with one attached hydrogen (secondary N) is 2. The van der Waals surface area contributed by atoms with Gasteiger partial charge in [-0.25, -0.2) is 0 Å². The fourth-order valence-electron chi connectivity index (χ4n) is 2.12. The van der Waals surface area contributed by atoms with E-state index in [1.54, 1.807) is 11.8 Å². The normalized spacial score (nSPS) is 12.6. The van der Waals surface area contributed by atoms with Crippen LogP contribution in [0.15, 0.2) is 47.4 Å². The molecule has 0 bridgehead atoms. The van der Waals surface area contributed by atoms with Gasteiger partial charge < -0.3 is 20.1 Å². The van der Waals surface area contributed by atoms with Crippen LogP contribution in [0, 0.1) is 0 Å². The quantitative estimate of drug-likeness (QED) is 0.654. The van der Waals surface area contributed by atoms with Gasteiger partial charge in [-0.3, -0.25) is 0 Å². The predicted octanol–water partition coefficient (Wildman–Crippen LogP) is 3.99. The average molecular weight is 332 g/mol. The summed E-state index contributed by atoms with van der Waals surface area (Å²) in [6, 6.07) is 13.8. The Balaban J connectivity index is 1.66. The van der Waals surface area contributed by atoms with E-state index in [-0.39, 0.29) is 0 Å². The van der Waals surface area contributed by atoms with Gasteiger partial charge in [-0.05, 0) is 48.8 Å². The van der Waals surface area contributed by atoms with Crippen molar-refractivity contribution in [2.24, 2.45) is 0 Å². The maximum atomic E-state index is 5.56. The molecule has 0 spiro atoms. The molecule has 0 atom stereocenters. The fraction of sp³-hybridized carbons (Fsp3) is 0.188. The van der Waals surface area contributed by atoms with Crippen LogP contribution in [0.1, 0.15) is 0 Å². The van der Waals surface area contributed by atoms with E-state index in [1.165, 1.54) is 4.90 Å². The fourth-order valence-corrected chi connectivity index (χ4v) is 2.81. The van der Waals surface area contributed by atoms with Crippen LogP contribution in [0.25, 0.3) is 0 Å². The van der Waals surface area contributed by atoms with Crippen LogP contribution in [0.2, 0.25) is 0 Å². The van der Waals surface area contributed by atoms with Crippen molar-refractivity contribution in [1.82, 2.24) is 0 Å². The third-order valence-corrected chi connectivity index (χ3v) is 4.06. The number of thiocarbonyl (C=S) groups is 1. The van der Waals surface area contributed by atoms with Gasteiger partial charge in [0.05, 0.1) is 0 Å². The van der Waals surface area contributed by atoms with Crippen molar-refractivity contribution in [1.29, 1.82) is 0 Å². The number of ether oxygens (including phenoxy) is 2. The van der Waals surface area contributed by atoms with E-state index in [2.05, 4.69) is 22.8 Å². The predicted molar refractivity (Wildman–Crippen MR) is 95.5 cm³/mol. The lowest BCUT2D eigenvalue weighted by molar-refractivity contribution is 0.171. The van der Waals surface area contributed by atoms with Gasteiger partial charge in [0.2, 0.25) is 0 Å². The number of rotatable bonds is 3. The maximum Gasteiger partial charge on any atom is 0.175 e. The summed E-state index contributed by atoms with van der Waals surface area (Å²) in [7, 11) is 0. The molecule has 4 nitrogen and oxygen atoms in total. The highest BCUT2D eigenvalue weighted by Gasteiger charge is 2.12. The Hall–Kier alpha value is -1.92. The maximum absolute atomic E-state index is 5.56. The molecule has 2 N–H and O–H groups in total. The standard InChI is InChI=1S/C16H16N2O2S2/c1-22-13-4-2-3-11(9-13)17-16(21)18-12-5-6-14-15(10-12)20-8-7-19-14/h2-6,9-10H,7-8H2,1H3,(H2,17,18,21). The number of hydrogen-bond donors (Lipinski definition) is 2. The number of hydrogen-bond acceptors (Lipinski definition) is 4. The van der Waals surface area contributed by atoms with Crippen LogP contribution in [0.4, 0.5) is 11.4 Å². The first-order chi connectivity index (χ1) is 10.7. The van der Waals surface area contributed by atoms with Crippen molar-refractivity contribution in [2.75, 3.05) is 30.1 Å². The second-order valence-corrected chi connectivity index (χ2v) is 5.96. The van der Waals surface area contributed by atoms with E-state index in [0.717, 1.165) is 22.9 Å². The minimum absolute atomic E-state index is 0.537. The first kappa shape index (κ1) is 15.0. The van der Waals surface area contributed by atoms with E-state index in [4.69, 9.17) is 21.7 Å². The van der Waals surface area contributed by atoms with Gasteiger partial charge in [-0.15, -0.1) is 11.8 Å². The molecule has 1 heterocycles. The van der Waals surface area contributed by atoms with Gasteiger partial charge in [-0.1, -0.05) is 6.07 Å². The molecule has 6 heteroatoms. The zero-order valence-electron chi connectivity index (χ0n) is 12.1. The zero-order chi connectivity index (χ0) is 15.4. The summed E-state index contributed by atoms with van der Waals surface area (Å²) in [5.74, 6) is 1.51. The lowest BCUT2D eigenvalue weighted by atomic mass is 10.2. The van der Waals surface area contributed by atoms with Crippen LogP contribution in [0.3, 0.4) is 0 Å². The largest absolute Gasteiger partial charge is 0.486 e. The molecular weight excluding hydrogens is 316 g/mol. The number of fused-ring (bicyclic) bond motifs is 1. The SMILES string of the molecule is CSc1cccc(NC(=S)Nc2ccc3c(c2)OCCO3)c1. The van der Waals surface area contributed by atoms with Gasteiger partial charge in [-0.2, -0.15) is 0 Å². The average Bonchev–Trinajstić information content (AvgIpc) is 2.55. The highest BCUT2D eigenvalue weighted by molar-refractivity contribution is 7.98. The van der Waals surface area contributed by atoms with Gasteiger partial charge >= 0.3 is 0 Å². The lowest BCUT2D eigenvalue weighted by Crippen LogP contribution is -2.20. The summed E-state index contributed by atoms with van der Waals surface area (Å²) in [5, 5.41) is 6.87. The summed E-state index contributed by atoms with van der Waals surface area (Å²) in [4.78, 5) is 1.19. The van der Waals surface area contributed by atoms with Crippen molar-refractivity contribution in [3.8, 4) is 11.5 Å². The van der Waals surface area contributed by atoms with Crippen molar-refractivity contribution in [3.05, 3.63) is 42.5 Å². The minimum Gasteiger partial charge on any atom is -0.486 e. The summed E-state index contributed by atoms with van der Waals surface area (Å²) in [6.45, 7) is 1.16. The van der Waals surface area contributed by atoms with Crippen LogP contribution < -0.4 is 20.1 Å². The van der Waals surface area contributed by atoms with Crippen LogP contribution in [0.5, 0.6) is 11.5 Å². The second kappa shape index (κ2) is 6.89. The molecule has 3 rings (SSSR count). The molecule has 0 amide bonds. The Bertz CT molecular complexity index is 692. The lowest BCUT2D eigenvalue weighted by Gasteiger charge is -2.19. The molecular formula is C16H16N2O2S2. The third kappa shape index (κ3) is 3.64. The van der Waals surface area contributed by atoms with E-state index in [1.807, 2.05) is 36.6 Å². The third-order valence-electron chi connectivity index (χ3n) is 3.13. The molecule has 0 aliphatic carbocycles. The molecule has 0 saturated carbocycles. The molecule has 2 aromatic carbocycles. The van der Waals surface area contributed by atoms with Crippen LogP contribution in [-0.4, -0.2) is 24.6 Å². The van der Waals surface area contributed by atoms with Crippen molar-refractivity contribution < 1.29 is 9.47 Å². The summed E-state index contributed by atoms with van der Waals surface area (Å²) < 4.78 is 11.1. The van der Waals surface area contributed by atoms with E-state index >= 15 is 0 Å². The smallest absolute Gasteiger partial charge is 0.175 e. The van der Waals surface area contributed by atoms with E-state index in [9.17, 15) is 0 Å². The first-order valence-corrected chi connectivity index (χ1v) is 8.49. The van der Waals surface area contributed by atoms with Gasteiger partial charge in [0, 0.05) is 22.3 Å². The molecule has 114 valence electrons. The van der Waals surface area contributed by atoms with Crippen LogP contribution in [-0.2, 0) is 0 Å².